The third-order valence-corrected chi connectivity index (χ3v) is 3.61. The van der Waals surface area contributed by atoms with E-state index < -0.39 is 0 Å². The zero-order valence-electron chi connectivity index (χ0n) is 9.38. The number of hydrogen-bond acceptors (Lipinski definition) is 4. The summed E-state index contributed by atoms with van der Waals surface area (Å²) in [6, 6.07) is 0.663. The van der Waals surface area contributed by atoms with Gasteiger partial charge in [-0.2, -0.15) is 0 Å². The van der Waals surface area contributed by atoms with Crippen molar-refractivity contribution < 1.29 is 4.74 Å². The number of imidazole rings is 1. The Morgan fingerprint density at radius 3 is 3.31 bits per heavy atom. The van der Waals surface area contributed by atoms with Crippen LogP contribution < -0.4 is 5.73 Å². The number of hydrogen-bond donors (Lipinski definition) is 1. The van der Waals surface area contributed by atoms with Gasteiger partial charge in [0.2, 0.25) is 0 Å². The van der Waals surface area contributed by atoms with E-state index in [-0.39, 0.29) is 6.10 Å². The molecule has 2 unspecified atom stereocenters. The summed E-state index contributed by atoms with van der Waals surface area (Å²) in [5.41, 5.74) is 5.75. The molecule has 88 valence electrons. The van der Waals surface area contributed by atoms with Crippen LogP contribution in [0, 0.1) is 0 Å². The number of nitrogens with two attached hydrogens (primary N) is 1. The molecule has 5 heteroatoms. The molecular formula is C11H18N4O. The zero-order valence-corrected chi connectivity index (χ0v) is 9.38. The largest absolute Gasteiger partial charge is 0.373 e. The highest BCUT2D eigenvalue weighted by atomic mass is 16.5. The van der Waals surface area contributed by atoms with E-state index in [1.165, 1.54) is 19.4 Å². The molecule has 1 aromatic heterocycles. The molecule has 3 heterocycles. The molecule has 0 radical (unpaired) electrons. The van der Waals surface area contributed by atoms with Crippen LogP contribution in [0.5, 0.6) is 0 Å². The first-order valence-corrected chi connectivity index (χ1v) is 5.95. The lowest BCUT2D eigenvalue weighted by Gasteiger charge is -2.35. The van der Waals surface area contributed by atoms with E-state index in [4.69, 9.17) is 10.5 Å². The van der Waals surface area contributed by atoms with Crippen LogP contribution in [0.2, 0.25) is 0 Å². The summed E-state index contributed by atoms with van der Waals surface area (Å²) in [4.78, 5) is 6.56. The van der Waals surface area contributed by atoms with Gasteiger partial charge in [-0.3, -0.25) is 4.90 Å². The Bertz CT molecular complexity index is 365. The molecule has 3 rings (SSSR count). The van der Waals surface area contributed by atoms with E-state index >= 15 is 0 Å². The van der Waals surface area contributed by atoms with Gasteiger partial charge in [0.05, 0.1) is 19.3 Å². The van der Waals surface area contributed by atoms with Crippen LogP contribution in [-0.4, -0.2) is 46.3 Å². The first-order chi connectivity index (χ1) is 7.83. The lowest BCUT2D eigenvalue weighted by molar-refractivity contribution is -0.0549. The number of ether oxygens (including phenoxy) is 1. The van der Waals surface area contributed by atoms with Crippen LogP contribution in [0.15, 0.2) is 12.4 Å². The quantitative estimate of drug-likeness (QED) is 0.783. The van der Waals surface area contributed by atoms with E-state index in [1.54, 1.807) is 6.20 Å². The topological polar surface area (TPSA) is 56.3 Å². The molecule has 2 saturated heterocycles. The average molecular weight is 222 g/mol. The van der Waals surface area contributed by atoms with E-state index in [2.05, 4.69) is 9.88 Å². The Morgan fingerprint density at radius 2 is 2.50 bits per heavy atom. The fourth-order valence-electron chi connectivity index (χ4n) is 2.71. The highest BCUT2D eigenvalue weighted by Crippen LogP contribution is 2.23. The summed E-state index contributed by atoms with van der Waals surface area (Å²) in [7, 11) is 0. The molecule has 1 aromatic rings. The van der Waals surface area contributed by atoms with Crippen molar-refractivity contribution >= 4 is 5.95 Å². The standard InChI is InChI=1S/C11H18N4O/c12-11-13-3-5-15(11)7-10-6-14-4-1-2-9(14)8-16-10/h3,5,9-10H,1-2,4,6-8H2,(H2,12,13). The van der Waals surface area contributed by atoms with Gasteiger partial charge in [-0.05, 0) is 19.4 Å². The van der Waals surface area contributed by atoms with Gasteiger partial charge < -0.3 is 15.0 Å². The van der Waals surface area contributed by atoms with Gasteiger partial charge in [-0.25, -0.2) is 4.98 Å². The third-order valence-electron chi connectivity index (χ3n) is 3.61. The van der Waals surface area contributed by atoms with Crippen molar-refractivity contribution in [2.45, 2.75) is 31.5 Å². The zero-order chi connectivity index (χ0) is 11.0. The van der Waals surface area contributed by atoms with Gasteiger partial charge in [0.15, 0.2) is 5.95 Å². The molecule has 2 aliphatic heterocycles. The summed E-state index contributed by atoms with van der Waals surface area (Å²) in [5.74, 6) is 0.576. The number of nitrogens with zero attached hydrogens (tertiary/aromatic N) is 3. The Labute approximate surface area is 95.2 Å². The summed E-state index contributed by atoms with van der Waals surface area (Å²) >= 11 is 0. The van der Waals surface area contributed by atoms with Crippen molar-refractivity contribution in [3.63, 3.8) is 0 Å². The maximum atomic E-state index is 5.87. The molecule has 0 bridgehead atoms. The lowest BCUT2D eigenvalue weighted by atomic mass is 10.2. The van der Waals surface area contributed by atoms with Gasteiger partial charge in [0.1, 0.15) is 0 Å². The minimum Gasteiger partial charge on any atom is -0.373 e. The molecule has 2 atom stereocenters. The van der Waals surface area contributed by atoms with Gasteiger partial charge in [0.25, 0.3) is 0 Å². The first kappa shape index (κ1) is 10.1. The molecule has 0 aliphatic carbocycles. The third kappa shape index (κ3) is 1.81. The van der Waals surface area contributed by atoms with Crippen molar-refractivity contribution in [2.24, 2.45) is 0 Å². The Hall–Kier alpha value is -1.07. The molecule has 0 amide bonds. The predicted octanol–water partition coefficient (Wildman–Crippen LogP) is 0.329. The number of aromatic nitrogens is 2. The lowest BCUT2D eigenvalue weighted by Crippen LogP contribution is -2.47. The van der Waals surface area contributed by atoms with Crippen molar-refractivity contribution in [1.82, 2.24) is 14.5 Å². The molecule has 2 aliphatic rings. The second kappa shape index (κ2) is 4.07. The van der Waals surface area contributed by atoms with Crippen LogP contribution in [0.4, 0.5) is 5.95 Å². The van der Waals surface area contributed by atoms with E-state index in [9.17, 15) is 0 Å². The maximum Gasteiger partial charge on any atom is 0.200 e. The summed E-state index contributed by atoms with van der Waals surface area (Å²) < 4.78 is 7.83. The number of anilines is 1. The normalized spacial score (nSPS) is 30.5. The Morgan fingerprint density at radius 1 is 1.56 bits per heavy atom. The fraction of sp³-hybridized carbons (Fsp3) is 0.727. The molecule has 5 nitrogen and oxygen atoms in total. The second-order valence-corrected chi connectivity index (χ2v) is 4.68. The predicted molar refractivity (Wildman–Crippen MR) is 61.0 cm³/mol. The Kier molecular flexibility index (Phi) is 2.57. The highest BCUT2D eigenvalue weighted by molar-refractivity contribution is 5.16. The van der Waals surface area contributed by atoms with Gasteiger partial charge in [-0.15, -0.1) is 0 Å². The van der Waals surface area contributed by atoms with E-state index in [1.807, 2.05) is 10.8 Å². The fourth-order valence-corrected chi connectivity index (χ4v) is 2.71. The van der Waals surface area contributed by atoms with Gasteiger partial charge in [0, 0.05) is 25.0 Å². The molecule has 0 spiro atoms. The number of morpholine rings is 1. The van der Waals surface area contributed by atoms with Crippen LogP contribution in [0.1, 0.15) is 12.8 Å². The number of rotatable bonds is 2. The van der Waals surface area contributed by atoms with Crippen molar-refractivity contribution in [2.75, 3.05) is 25.4 Å². The minimum absolute atomic E-state index is 0.255. The maximum absolute atomic E-state index is 5.87. The first-order valence-electron chi connectivity index (χ1n) is 5.95. The highest BCUT2D eigenvalue weighted by Gasteiger charge is 2.32. The summed E-state index contributed by atoms with van der Waals surface area (Å²) in [5, 5.41) is 0. The van der Waals surface area contributed by atoms with Crippen LogP contribution in [0.25, 0.3) is 0 Å². The molecule has 2 N–H and O–H groups in total. The van der Waals surface area contributed by atoms with E-state index in [0.29, 0.717) is 12.0 Å². The second-order valence-electron chi connectivity index (χ2n) is 4.68. The molecular weight excluding hydrogens is 204 g/mol. The van der Waals surface area contributed by atoms with Crippen molar-refractivity contribution in [3.05, 3.63) is 12.4 Å². The number of fused-ring (bicyclic) bond motifs is 1. The Balaban J connectivity index is 1.62. The molecule has 0 aromatic carbocycles. The number of nitrogen functional groups attached to an aromatic ring is 1. The van der Waals surface area contributed by atoms with Crippen LogP contribution in [-0.2, 0) is 11.3 Å². The van der Waals surface area contributed by atoms with Crippen molar-refractivity contribution in [1.29, 1.82) is 0 Å². The van der Waals surface area contributed by atoms with E-state index in [0.717, 1.165) is 19.7 Å². The average Bonchev–Trinajstić information content (AvgIpc) is 2.88. The van der Waals surface area contributed by atoms with Gasteiger partial charge in [-0.1, -0.05) is 0 Å². The minimum atomic E-state index is 0.255. The molecule has 16 heavy (non-hydrogen) atoms. The summed E-state index contributed by atoms with van der Waals surface area (Å²) in [6.45, 7) is 3.94. The summed E-state index contributed by atoms with van der Waals surface area (Å²) in [6.07, 6.45) is 6.50. The van der Waals surface area contributed by atoms with Crippen molar-refractivity contribution in [3.8, 4) is 0 Å². The van der Waals surface area contributed by atoms with Gasteiger partial charge >= 0.3 is 0 Å². The SMILES string of the molecule is Nc1nccn1CC1CN2CCCC2CO1. The molecule has 0 saturated carbocycles. The monoisotopic (exact) mass is 222 g/mol. The smallest absolute Gasteiger partial charge is 0.200 e. The van der Waals surface area contributed by atoms with Crippen LogP contribution in [0.3, 0.4) is 0 Å². The van der Waals surface area contributed by atoms with Crippen LogP contribution >= 0.6 is 0 Å². The molecule has 2 fully saturated rings.